The van der Waals surface area contributed by atoms with Crippen molar-refractivity contribution in [2.24, 2.45) is 10.7 Å². The number of carbonyl (C=O) groups is 3. The first-order valence-corrected chi connectivity index (χ1v) is 9.85. The summed E-state index contributed by atoms with van der Waals surface area (Å²) in [6, 6.07) is 8.75. The summed E-state index contributed by atoms with van der Waals surface area (Å²) < 4.78 is 14.5. The number of fused-ring (bicyclic) bond motifs is 1. The van der Waals surface area contributed by atoms with Gasteiger partial charge in [0.1, 0.15) is 5.82 Å². The second-order valence-corrected chi connectivity index (χ2v) is 8.10. The summed E-state index contributed by atoms with van der Waals surface area (Å²) in [6.07, 6.45) is 0.604. The molecule has 2 amide bonds. The fourth-order valence-electron chi connectivity index (χ4n) is 3.45. The Balaban J connectivity index is 1.65. The highest BCUT2D eigenvalue weighted by atomic mass is 32.2. The molecule has 7 nitrogen and oxygen atoms in total. The third-order valence-electron chi connectivity index (χ3n) is 5.00. The first kappa shape index (κ1) is 19.1. The smallest absolute Gasteiger partial charge is 0.296 e. The van der Waals surface area contributed by atoms with Crippen LogP contribution in [0.15, 0.2) is 41.4 Å². The van der Waals surface area contributed by atoms with Crippen molar-refractivity contribution in [1.82, 2.24) is 0 Å². The van der Waals surface area contributed by atoms with Gasteiger partial charge < -0.3 is 16.4 Å². The minimum atomic E-state index is -0.825. The monoisotopic (exact) mass is 412 g/mol. The van der Waals surface area contributed by atoms with Gasteiger partial charge in [0.05, 0.1) is 22.4 Å². The maximum Gasteiger partial charge on any atom is 0.296 e. The maximum absolute atomic E-state index is 14.5. The van der Waals surface area contributed by atoms with Crippen molar-refractivity contribution in [3.8, 4) is 0 Å². The first-order chi connectivity index (χ1) is 13.8. The highest BCUT2D eigenvalue weighted by molar-refractivity contribution is 8.13. The van der Waals surface area contributed by atoms with Crippen LogP contribution in [0.1, 0.15) is 39.6 Å². The van der Waals surface area contributed by atoms with Crippen LogP contribution in [0.2, 0.25) is 0 Å². The summed E-state index contributed by atoms with van der Waals surface area (Å²) in [7, 11) is 0. The topological polar surface area (TPSA) is 114 Å². The molecule has 0 radical (unpaired) electrons. The van der Waals surface area contributed by atoms with E-state index in [1.54, 1.807) is 6.92 Å². The van der Waals surface area contributed by atoms with Gasteiger partial charge in [0.15, 0.2) is 5.17 Å². The number of rotatable bonds is 3. The molecule has 2 aromatic carbocycles. The number of aliphatic imine (C=N–C) groups is 1. The minimum absolute atomic E-state index is 0.148. The summed E-state index contributed by atoms with van der Waals surface area (Å²) in [4.78, 5) is 40.6. The number of Topliss-reactive ketones (excluding diaryl/α,β-unsaturated/α-hetero) is 1. The summed E-state index contributed by atoms with van der Waals surface area (Å²) in [5.41, 5.74) is 6.18. The van der Waals surface area contributed by atoms with Crippen molar-refractivity contribution in [3.63, 3.8) is 0 Å². The molecule has 2 heterocycles. The largest absolute Gasteiger partial charge is 0.379 e. The van der Waals surface area contributed by atoms with E-state index in [1.165, 1.54) is 48.2 Å². The molecule has 0 bridgehead atoms. The van der Waals surface area contributed by atoms with Gasteiger partial charge in [-0.1, -0.05) is 17.8 Å². The number of carbonyl (C=O) groups excluding carboxylic acids is 3. The molecule has 0 aromatic heterocycles. The van der Waals surface area contributed by atoms with E-state index in [1.807, 2.05) is 0 Å². The molecule has 2 aliphatic heterocycles. The van der Waals surface area contributed by atoms with Crippen molar-refractivity contribution in [2.45, 2.75) is 18.9 Å². The molecule has 4 rings (SSSR count). The molecule has 9 heteroatoms. The number of hydrogen-bond acceptors (Lipinski definition) is 6. The van der Waals surface area contributed by atoms with Crippen molar-refractivity contribution in [1.29, 1.82) is 0 Å². The fourth-order valence-corrected chi connectivity index (χ4v) is 4.43. The summed E-state index contributed by atoms with van der Waals surface area (Å²) in [5.74, 6) is -1.71. The lowest BCUT2D eigenvalue weighted by atomic mass is 9.89. The molecule has 2 aromatic rings. The van der Waals surface area contributed by atoms with Gasteiger partial charge in [-0.15, -0.1) is 0 Å². The molecule has 1 atom stereocenters. The van der Waals surface area contributed by atoms with Crippen LogP contribution < -0.4 is 16.4 Å². The Hall–Kier alpha value is -3.20. The molecule has 0 aliphatic carbocycles. The molecule has 4 N–H and O–H groups in total. The Morgan fingerprint density at radius 2 is 2.10 bits per heavy atom. The number of nitrogens with one attached hydrogen (secondary N) is 2. The minimum Gasteiger partial charge on any atom is -0.379 e. The van der Waals surface area contributed by atoms with Crippen molar-refractivity contribution in [2.75, 3.05) is 16.4 Å². The fraction of sp³-hybridized carbons (Fsp3) is 0.200. The zero-order valence-electron chi connectivity index (χ0n) is 15.4. The Morgan fingerprint density at radius 3 is 2.86 bits per heavy atom. The Bertz CT molecular complexity index is 1100. The van der Waals surface area contributed by atoms with Crippen LogP contribution in [-0.4, -0.2) is 28.5 Å². The molecule has 29 heavy (non-hydrogen) atoms. The number of anilines is 2. The van der Waals surface area contributed by atoms with Crippen LogP contribution in [0.25, 0.3) is 0 Å². The third-order valence-corrected chi connectivity index (χ3v) is 5.79. The predicted molar refractivity (Wildman–Crippen MR) is 110 cm³/mol. The van der Waals surface area contributed by atoms with Gasteiger partial charge in [0.2, 0.25) is 0 Å². The highest BCUT2D eigenvalue weighted by Gasteiger charge is 2.33. The molecule has 0 spiro atoms. The summed E-state index contributed by atoms with van der Waals surface area (Å²) in [5, 5.41) is 5.52. The van der Waals surface area contributed by atoms with E-state index in [-0.39, 0.29) is 16.8 Å². The first-order valence-electron chi connectivity index (χ1n) is 8.87. The molecule has 2 aliphatic rings. The van der Waals surface area contributed by atoms with Gasteiger partial charge in [-0.3, -0.25) is 19.4 Å². The van der Waals surface area contributed by atoms with Crippen LogP contribution in [0.3, 0.4) is 0 Å². The van der Waals surface area contributed by atoms with Gasteiger partial charge in [-0.25, -0.2) is 4.39 Å². The van der Waals surface area contributed by atoms with Crippen LogP contribution in [0.4, 0.5) is 15.8 Å². The number of halogens is 1. The number of nitrogens with two attached hydrogens (primary N) is 1. The number of thioether (sulfide) groups is 1. The molecule has 0 saturated heterocycles. The number of ketones is 1. The van der Waals surface area contributed by atoms with Crippen molar-refractivity contribution in [3.05, 3.63) is 58.9 Å². The quantitative estimate of drug-likeness (QED) is 0.671. The predicted octanol–water partition coefficient (Wildman–Crippen LogP) is 2.88. The normalized spacial score (nSPS) is 20.7. The molecule has 148 valence electrons. The second-order valence-electron chi connectivity index (χ2n) is 6.98. The number of amidine groups is 1. The highest BCUT2D eigenvalue weighted by Crippen LogP contribution is 2.37. The van der Waals surface area contributed by atoms with Gasteiger partial charge >= 0.3 is 0 Å². The Morgan fingerprint density at radius 1 is 1.31 bits per heavy atom. The Labute approximate surface area is 170 Å². The zero-order chi connectivity index (χ0) is 20.8. The number of para-hydroxylation sites is 1. The average Bonchev–Trinajstić information content (AvgIpc) is 2.97. The standard InChI is InChI=1S/C20H17FN4O3S/c1-20(7-8-29-19(22)25-20)13-9-10(5-6-14(13)21)23-17(27)12-4-2-3-11-15(12)24-18(28)16(11)26/h2-6,9H,7-8H2,1H3,(H2,22,25)(H,23,27)(H,24,26,28). The van der Waals surface area contributed by atoms with E-state index < -0.39 is 29.0 Å². The van der Waals surface area contributed by atoms with E-state index in [4.69, 9.17) is 5.73 Å². The SMILES string of the molecule is CC1(c2cc(NC(=O)c3cccc4c3NC(=O)C4=O)ccc2F)CCSC(N)=N1. The molecule has 0 fully saturated rings. The van der Waals surface area contributed by atoms with Gasteiger partial charge in [-0.05, 0) is 43.7 Å². The van der Waals surface area contributed by atoms with Crippen LogP contribution in [-0.2, 0) is 10.3 Å². The number of nitrogens with zero attached hydrogens (tertiary/aromatic N) is 1. The molecular formula is C20H17FN4O3S. The van der Waals surface area contributed by atoms with E-state index in [9.17, 15) is 18.8 Å². The number of amides is 2. The third kappa shape index (κ3) is 3.38. The van der Waals surface area contributed by atoms with E-state index in [0.29, 0.717) is 28.6 Å². The molecular weight excluding hydrogens is 395 g/mol. The van der Waals surface area contributed by atoms with Gasteiger partial charge in [0.25, 0.3) is 17.6 Å². The van der Waals surface area contributed by atoms with E-state index in [2.05, 4.69) is 15.6 Å². The van der Waals surface area contributed by atoms with E-state index in [0.717, 1.165) is 0 Å². The lowest BCUT2D eigenvalue weighted by Gasteiger charge is -2.30. The number of hydrogen-bond donors (Lipinski definition) is 3. The maximum atomic E-state index is 14.5. The summed E-state index contributed by atoms with van der Waals surface area (Å²) >= 11 is 1.42. The van der Waals surface area contributed by atoms with Gasteiger partial charge in [-0.2, -0.15) is 0 Å². The average molecular weight is 412 g/mol. The lowest BCUT2D eigenvalue weighted by molar-refractivity contribution is -0.112. The van der Waals surface area contributed by atoms with Crippen LogP contribution in [0, 0.1) is 5.82 Å². The number of benzene rings is 2. The van der Waals surface area contributed by atoms with Crippen LogP contribution >= 0.6 is 11.8 Å². The van der Waals surface area contributed by atoms with E-state index >= 15 is 0 Å². The summed E-state index contributed by atoms with van der Waals surface area (Å²) in [6.45, 7) is 1.80. The van der Waals surface area contributed by atoms with Crippen molar-refractivity contribution >= 4 is 45.9 Å². The second kappa shape index (κ2) is 7.00. The van der Waals surface area contributed by atoms with Crippen molar-refractivity contribution < 1.29 is 18.8 Å². The molecule has 1 unspecified atom stereocenters. The Kier molecular flexibility index (Phi) is 4.62. The van der Waals surface area contributed by atoms with Gasteiger partial charge in [0, 0.05) is 17.0 Å². The lowest BCUT2D eigenvalue weighted by Crippen LogP contribution is -2.29. The van der Waals surface area contributed by atoms with Crippen LogP contribution in [0.5, 0.6) is 0 Å². The zero-order valence-corrected chi connectivity index (χ0v) is 16.2. The molecule has 0 saturated carbocycles.